The van der Waals surface area contributed by atoms with E-state index in [0.29, 0.717) is 17.6 Å². The average Bonchev–Trinajstić information content (AvgIpc) is 2.82. The van der Waals surface area contributed by atoms with Crippen LogP contribution >= 0.6 is 0 Å². The summed E-state index contributed by atoms with van der Waals surface area (Å²) in [6, 6.07) is 0.711. The fourth-order valence-corrected chi connectivity index (χ4v) is 3.25. The zero-order chi connectivity index (χ0) is 22.9. The first-order valence-corrected chi connectivity index (χ1v) is 10.6. The number of aromatic nitrogens is 1. The van der Waals surface area contributed by atoms with E-state index < -0.39 is 35.9 Å². The fraction of sp³-hybridized carbons (Fsp3) is 0.727. The van der Waals surface area contributed by atoms with Gasteiger partial charge in [-0.25, -0.2) is 4.79 Å². The van der Waals surface area contributed by atoms with Crippen LogP contribution in [0.5, 0.6) is 5.75 Å². The number of hydrogen-bond donors (Lipinski definition) is 0. The van der Waals surface area contributed by atoms with Crippen molar-refractivity contribution in [3.63, 3.8) is 0 Å². The number of hydrogen-bond acceptors (Lipinski definition) is 6. The lowest BCUT2D eigenvalue weighted by Gasteiger charge is -2.32. The summed E-state index contributed by atoms with van der Waals surface area (Å²) in [6.07, 6.45) is 3.76. The number of unbranched alkanes of at least 4 members (excludes halogenated alkanes) is 1. The predicted octanol–water partition coefficient (Wildman–Crippen LogP) is 3.23. The normalized spacial score (nSPS) is 18.9. The Morgan fingerprint density at radius 1 is 1.20 bits per heavy atom. The van der Waals surface area contributed by atoms with Gasteiger partial charge in [-0.05, 0) is 54.9 Å². The Kier molecular flexibility index (Phi) is 7.14. The summed E-state index contributed by atoms with van der Waals surface area (Å²) in [6.45, 7) is 15.3. The molecule has 1 fully saturated rings. The Bertz CT molecular complexity index is 808. The van der Waals surface area contributed by atoms with Gasteiger partial charge in [0, 0.05) is 17.7 Å². The molecule has 0 aliphatic carbocycles. The molecule has 0 radical (unpaired) electrons. The van der Waals surface area contributed by atoms with Crippen molar-refractivity contribution in [1.82, 2.24) is 4.57 Å². The van der Waals surface area contributed by atoms with Crippen LogP contribution in [0.1, 0.15) is 80.7 Å². The Morgan fingerprint density at radius 3 is 2.23 bits per heavy atom. The summed E-state index contributed by atoms with van der Waals surface area (Å²) in [5.41, 5.74) is -1.55. The van der Waals surface area contributed by atoms with E-state index in [1.807, 2.05) is 55.4 Å². The molecular formula is C22H36BNO6. The lowest BCUT2D eigenvalue weighted by molar-refractivity contribution is -0.159. The summed E-state index contributed by atoms with van der Waals surface area (Å²) in [5.74, 6) is 0.00152. The van der Waals surface area contributed by atoms with Gasteiger partial charge >= 0.3 is 13.1 Å². The molecule has 0 bridgehead atoms. The average molecular weight is 421 g/mol. The van der Waals surface area contributed by atoms with E-state index in [9.17, 15) is 9.59 Å². The second kappa shape index (κ2) is 8.75. The van der Waals surface area contributed by atoms with Gasteiger partial charge in [0.2, 0.25) is 0 Å². The number of carbonyl (C=O) groups is 1. The third-order valence-corrected chi connectivity index (χ3v) is 5.65. The van der Waals surface area contributed by atoms with Gasteiger partial charge in [-0.1, -0.05) is 19.8 Å². The summed E-state index contributed by atoms with van der Waals surface area (Å²) < 4.78 is 24.7. The Morgan fingerprint density at radius 2 is 1.77 bits per heavy atom. The Labute approximate surface area is 180 Å². The highest BCUT2D eigenvalue weighted by atomic mass is 16.7. The molecule has 0 N–H and O–H groups in total. The molecule has 0 saturated carbocycles. The molecular weight excluding hydrogens is 385 g/mol. The topological polar surface area (TPSA) is 76.0 Å². The molecule has 2 heterocycles. The van der Waals surface area contributed by atoms with Crippen molar-refractivity contribution in [3.8, 4) is 5.75 Å². The van der Waals surface area contributed by atoms with Crippen LogP contribution in [0.3, 0.4) is 0 Å². The Balaban J connectivity index is 2.46. The van der Waals surface area contributed by atoms with Crippen LogP contribution in [0.2, 0.25) is 0 Å². The molecule has 1 saturated heterocycles. The van der Waals surface area contributed by atoms with Crippen LogP contribution in [-0.4, -0.2) is 41.6 Å². The van der Waals surface area contributed by atoms with E-state index in [-0.39, 0.29) is 5.56 Å². The quantitative estimate of drug-likeness (QED) is 0.497. The summed E-state index contributed by atoms with van der Waals surface area (Å²) >= 11 is 0. The zero-order valence-electron chi connectivity index (χ0n) is 19.8. The highest BCUT2D eigenvalue weighted by molar-refractivity contribution is 6.63. The van der Waals surface area contributed by atoms with Crippen molar-refractivity contribution in [2.75, 3.05) is 7.11 Å². The molecule has 1 unspecified atom stereocenters. The van der Waals surface area contributed by atoms with Crippen LogP contribution in [0, 0.1) is 0 Å². The molecule has 1 aliphatic rings. The number of methoxy groups -OCH3 is 1. The van der Waals surface area contributed by atoms with Gasteiger partial charge in [0.25, 0.3) is 5.56 Å². The Hall–Kier alpha value is -1.80. The van der Waals surface area contributed by atoms with Crippen molar-refractivity contribution in [2.45, 2.75) is 97.5 Å². The SMILES string of the molecule is CCCCC(C(=O)OC(C)(C)C)n1cc(OC)c(B2OC(C)(C)C(C)(C)O2)cc1=O. The van der Waals surface area contributed by atoms with E-state index in [2.05, 4.69) is 0 Å². The fourth-order valence-electron chi connectivity index (χ4n) is 3.25. The minimum atomic E-state index is -0.733. The number of rotatable bonds is 7. The minimum absolute atomic E-state index is 0.326. The summed E-state index contributed by atoms with van der Waals surface area (Å²) in [5, 5.41) is 0. The molecule has 8 heteroatoms. The maximum absolute atomic E-state index is 13.1. The van der Waals surface area contributed by atoms with Gasteiger partial charge in [-0.3, -0.25) is 9.36 Å². The van der Waals surface area contributed by atoms with E-state index in [1.54, 1.807) is 6.20 Å². The number of nitrogens with zero attached hydrogens (tertiary/aromatic N) is 1. The number of esters is 1. The van der Waals surface area contributed by atoms with Gasteiger partial charge in [0.1, 0.15) is 17.4 Å². The van der Waals surface area contributed by atoms with Crippen molar-refractivity contribution < 1.29 is 23.6 Å². The van der Waals surface area contributed by atoms with Crippen LogP contribution in [-0.2, 0) is 18.8 Å². The first-order valence-electron chi connectivity index (χ1n) is 10.6. The number of ether oxygens (including phenoxy) is 2. The first-order chi connectivity index (χ1) is 13.7. The minimum Gasteiger partial charge on any atom is -0.496 e. The maximum atomic E-state index is 13.1. The van der Waals surface area contributed by atoms with Crippen LogP contribution in [0.4, 0.5) is 0 Å². The maximum Gasteiger partial charge on any atom is 0.498 e. The smallest absolute Gasteiger partial charge is 0.496 e. The van der Waals surface area contributed by atoms with Crippen LogP contribution < -0.4 is 15.8 Å². The highest BCUT2D eigenvalue weighted by Crippen LogP contribution is 2.37. The molecule has 0 spiro atoms. The molecule has 1 aromatic heterocycles. The second-order valence-corrected chi connectivity index (χ2v) is 9.82. The van der Waals surface area contributed by atoms with Crippen molar-refractivity contribution in [3.05, 3.63) is 22.6 Å². The molecule has 2 rings (SSSR count). The largest absolute Gasteiger partial charge is 0.498 e. The van der Waals surface area contributed by atoms with E-state index in [1.165, 1.54) is 17.7 Å². The van der Waals surface area contributed by atoms with Crippen molar-refractivity contribution in [1.29, 1.82) is 0 Å². The van der Waals surface area contributed by atoms with Gasteiger partial charge in [-0.2, -0.15) is 0 Å². The van der Waals surface area contributed by atoms with Crippen molar-refractivity contribution in [2.24, 2.45) is 0 Å². The molecule has 0 aromatic carbocycles. The van der Waals surface area contributed by atoms with E-state index >= 15 is 0 Å². The van der Waals surface area contributed by atoms with Crippen LogP contribution in [0.15, 0.2) is 17.1 Å². The molecule has 1 atom stereocenters. The standard InChI is InChI=1S/C22H36BNO6/c1-10-11-12-16(19(26)28-20(2,3)4)24-14-17(27-9)15(13-18(24)25)23-29-21(5,6)22(7,8)30-23/h13-14,16H,10-12H2,1-9H3. The lowest BCUT2D eigenvalue weighted by Crippen LogP contribution is -2.41. The van der Waals surface area contributed by atoms with Crippen LogP contribution in [0.25, 0.3) is 0 Å². The zero-order valence-corrected chi connectivity index (χ0v) is 19.8. The van der Waals surface area contributed by atoms with Gasteiger partial charge in [0.15, 0.2) is 0 Å². The lowest BCUT2D eigenvalue weighted by atomic mass is 9.79. The van der Waals surface area contributed by atoms with Gasteiger partial charge in [-0.15, -0.1) is 0 Å². The van der Waals surface area contributed by atoms with Gasteiger partial charge in [0.05, 0.1) is 18.3 Å². The summed E-state index contributed by atoms with van der Waals surface area (Å²) in [7, 11) is 0.788. The third kappa shape index (κ3) is 5.27. The molecule has 168 valence electrons. The monoisotopic (exact) mass is 421 g/mol. The van der Waals surface area contributed by atoms with Gasteiger partial charge < -0.3 is 18.8 Å². The molecule has 30 heavy (non-hydrogen) atoms. The van der Waals surface area contributed by atoms with E-state index in [4.69, 9.17) is 18.8 Å². The number of pyridine rings is 1. The van der Waals surface area contributed by atoms with Crippen molar-refractivity contribution >= 4 is 18.6 Å². The summed E-state index contributed by atoms with van der Waals surface area (Å²) in [4.78, 5) is 25.9. The first kappa shape index (κ1) is 24.5. The second-order valence-electron chi connectivity index (χ2n) is 9.82. The molecule has 0 amide bonds. The highest BCUT2D eigenvalue weighted by Gasteiger charge is 2.52. The molecule has 7 nitrogen and oxygen atoms in total. The number of carbonyl (C=O) groups excluding carboxylic acids is 1. The third-order valence-electron chi connectivity index (χ3n) is 5.65. The molecule has 1 aromatic rings. The molecule has 1 aliphatic heterocycles. The van der Waals surface area contributed by atoms with E-state index in [0.717, 1.165) is 12.8 Å². The predicted molar refractivity (Wildman–Crippen MR) is 117 cm³/mol.